The largest absolute Gasteiger partial charge is 0.457 e. The number of para-hydroxylation sites is 3. The van der Waals surface area contributed by atoms with Gasteiger partial charge in [-0.25, -0.2) is 9.97 Å². The van der Waals surface area contributed by atoms with Crippen LogP contribution in [0, 0.1) is 0 Å². The number of ether oxygens (including phenoxy) is 1. The molecule has 280 valence electrons. The molecule has 1 aliphatic rings. The maximum absolute atomic E-state index is 6.71. The predicted octanol–water partition coefficient (Wildman–Crippen LogP) is 13.0. The van der Waals surface area contributed by atoms with Crippen molar-refractivity contribution >= 4 is 66.5 Å². The van der Waals surface area contributed by atoms with Crippen LogP contribution in [-0.2, 0) is 5.41 Å². The first-order valence-electron chi connectivity index (χ1n) is 19.8. The van der Waals surface area contributed by atoms with Crippen molar-refractivity contribution in [1.82, 2.24) is 19.1 Å². The predicted molar refractivity (Wildman–Crippen MR) is 238 cm³/mol. The standard InChI is InChI=1S/C51H40N6O/c1-51(2,3)34-27-29-52-48(30-34)57-42-20-9-7-18-39(42)40-26-25-38(32-47(40)57)58-37-17-11-16-36(31-37)54-33-55(50-46(54)24-13-28-53-50)44-22-12-23-45-49(44)41-19-8-10-21-43(41)56(45)35-14-5-4-6-15-35/h4-32H,33H2,1-3H3. The van der Waals surface area contributed by atoms with Gasteiger partial charge < -0.3 is 19.1 Å². The number of pyridine rings is 2. The van der Waals surface area contributed by atoms with Crippen LogP contribution in [0.15, 0.2) is 176 Å². The molecule has 11 rings (SSSR count). The van der Waals surface area contributed by atoms with Gasteiger partial charge in [-0.05, 0) is 95.9 Å². The summed E-state index contributed by atoms with van der Waals surface area (Å²) in [6.45, 7) is 7.30. The topological polar surface area (TPSA) is 51.4 Å². The van der Waals surface area contributed by atoms with E-state index < -0.39 is 0 Å². The molecule has 0 radical (unpaired) electrons. The lowest BCUT2D eigenvalue weighted by atomic mass is 9.88. The van der Waals surface area contributed by atoms with Crippen molar-refractivity contribution < 1.29 is 4.74 Å². The summed E-state index contributed by atoms with van der Waals surface area (Å²) in [4.78, 5) is 14.5. The number of hydrogen-bond acceptors (Lipinski definition) is 5. The molecule has 7 nitrogen and oxygen atoms in total. The molecular formula is C51H40N6O. The van der Waals surface area contributed by atoms with Crippen molar-refractivity contribution in [2.45, 2.75) is 26.2 Å². The second kappa shape index (κ2) is 13.1. The number of benzene rings is 6. The van der Waals surface area contributed by atoms with Crippen molar-refractivity contribution in [3.63, 3.8) is 0 Å². The minimum atomic E-state index is -0.00515. The summed E-state index contributed by atoms with van der Waals surface area (Å²) >= 11 is 0. The third-order valence-electron chi connectivity index (χ3n) is 11.4. The number of aromatic nitrogens is 4. The Bertz CT molecular complexity index is 3190. The van der Waals surface area contributed by atoms with E-state index in [9.17, 15) is 0 Å². The maximum atomic E-state index is 6.71. The van der Waals surface area contributed by atoms with Crippen LogP contribution in [0.25, 0.3) is 55.1 Å². The van der Waals surface area contributed by atoms with Gasteiger partial charge in [0.2, 0.25) is 0 Å². The van der Waals surface area contributed by atoms with E-state index in [4.69, 9.17) is 14.7 Å². The highest BCUT2D eigenvalue weighted by Gasteiger charge is 2.31. The quantitative estimate of drug-likeness (QED) is 0.169. The summed E-state index contributed by atoms with van der Waals surface area (Å²) in [5, 5.41) is 4.74. The summed E-state index contributed by atoms with van der Waals surface area (Å²) in [5.74, 6) is 3.32. The lowest BCUT2D eigenvalue weighted by Gasteiger charge is -2.23. The van der Waals surface area contributed by atoms with E-state index in [0.717, 1.165) is 67.8 Å². The van der Waals surface area contributed by atoms with Crippen molar-refractivity contribution in [3.05, 3.63) is 182 Å². The Labute approximate surface area is 336 Å². The van der Waals surface area contributed by atoms with E-state index in [1.807, 2.05) is 24.5 Å². The molecule has 58 heavy (non-hydrogen) atoms. The lowest BCUT2D eigenvalue weighted by molar-refractivity contribution is 0.483. The van der Waals surface area contributed by atoms with Crippen LogP contribution in [0.4, 0.5) is 22.9 Å². The summed E-state index contributed by atoms with van der Waals surface area (Å²) in [7, 11) is 0. The Morgan fingerprint density at radius 1 is 0.483 bits per heavy atom. The third-order valence-corrected chi connectivity index (χ3v) is 11.4. The molecule has 10 aromatic rings. The molecule has 0 spiro atoms. The first kappa shape index (κ1) is 33.9. The van der Waals surface area contributed by atoms with E-state index in [-0.39, 0.29) is 5.41 Å². The van der Waals surface area contributed by atoms with Crippen molar-refractivity contribution in [3.8, 4) is 23.0 Å². The van der Waals surface area contributed by atoms with Crippen molar-refractivity contribution in [1.29, 1.82) is 0 Å². The van der Waals surface area contributed by atoms with Gasteiger partial charge in [0.25, 0.3) is 0 Å². The summed E-state index contributed by atoms with van der Waals surface area (Å²) in [6.07, 6.45) is 3.80. The summed E-state index contributed by atoms with van der Waals surface area (Å²) in [5.41, 5.74) is 10.0. The van der Waals surface area contributed by atoms with Gasteiger partial charge in [0.1, 0.15) is 24.0 Å². The van der Waals surface area contributed by atoms with E-state index in [1.165, 1.54) is 27.2 Å². The van der Waals surface area contributed by atoms with Crippen LogP contribution in [-0.4, -0.2) is 25.8 Å². The Morgan fingerprint density at radius 3 is 2.02 bits per heavy atom. The molecule has 4 aromatic heterocycles. The van der Waals surface area contributed by atoms with E-state index in [0.29, 0.717) is 6.67 Å². The van der Waals surface area contributed by atoms with E-state index in [1.54, 1.807) is 0 Å². The van der Waals surface area contributed by atoms with Gasteiger partial charge in [-0.15, -0.1) is 0 Å². The summed E-state index contributed by atoms with van der Waals surface area (Å²) in [6, 6.07) is 57.6. The van der Waals surface area contributed by atoms with Gasteiger partial charge in [0.15, 0.2) is 5.82 Å². The van der Waals surface area contributed by atoms with Crippen LogP contribution in [0.2, 0.25) is 0 Å². The Kier molecular flexibility index (Phi) is 7.66. The van der Waals surface area contributed by atoms with Gasteiger partial charge >= 0.3 is 0 Å². The van der Waals surface area contributed by atoms with Crippen LogP contribution in [0.5, 0.6) is 11.5 Å². The zero-order valence-electron chi connectivity index (χ0n) is 32.5. The van der Waals surface area contributed by atoms with Gasteiger partial charge in [-0.1, -0.05) is 87.5 Å². The Balaban J connectivity index is 0.971. The van der Waals surface area contributed by atoms with Crippen LogP contribution >= 0.6 is 0 Å². The maximum Gasteiger partial charge on any atom is 0.158 e. The highest BCUT2D eigenvalue weighted by atomic mass is 16.5. The fraction of sp³-hybridized carbons (Fsp3) is 0.0980. The van der Waals surface area contributed by atoms with Gasteiger partial charge in [-0.2, -0.15) is 0 Å². The lowest BCUT2D eigenvalue weighted by Crippen LogP contribution is -2.24. The molecule has 7 heteroatoms. The molecule has 0 N–H and O–H groups in total. The molecule has 0 amide bonds. The Morgan fingerprint density at radius 2 is 1.17 bits per heavy atom. The molecule has 0 saturated carbocycles. The minimum absolute atomic E-state index is 0.00515. The second-order valence-electron chi connectivity index (χ2n) is 16.0. The first-order chi connectivity index (χ1) is 28.4. The monoisotopic (exact) mass is 752 g/mol. The fourth-order valence-electron chi connectivity index (χ4n) is 8.70. The number of anilines is 4. The molecule has 0 atom stereocenters. The molecule has 0 bridgehead atoms. The normalized spacial score (nSPS) is 12.9. The van der Waals surface area contributed by atoms with Crippen LogP contribution in [0.3, 0.4) is 0 Å². The molecule has 0 aliphatic carbocycles. The average molecular weight is 753 g/mol. The number of rotatable bonds is 6. The van der Waals surface area contributed by atoms with Crippen molar-refractivity contribution in [2.75, 3.05) is 16.5 Å². The van der Waals surface area contributed by atoms with E-state index >= 15 is 0 Å². The highest BCUT2D eigenvalue weighted by Crippen LogP contribution is 2.47. The van der Waals surface area contributed by atoms with Crippen molar-refractivity contribution in [2.24, 2.45) is 0 Å². The molecule has 1 aliphatic heterocycles. The molecule has 6 aromatic carbocycles. The number of hydrogen-bond donors (Lipinski definition) is 0. The number of nitrogens with zero attached hydrogens (tertiary/aromatic N) is 6. The molecule has 5 heterocycles. The zero-order chi connectivity index (χ0) is 39.0. The van der Waals surface area contributed by atoms with Gasteiger partial charge in [0.05, 0.1) is 33.4 Å². The Hall–Kier alpha value is -7.38. The summed E-state index contributed by atoms with van der Waals surface area (Å²) < 4.78 is 11.3. The number of fused-ring (bicyclic) bond motifs is 7. The smallest absolute Gasteiger partial charge is 0.158 e. The zero-order valence-corrected chi connectivity index (χ0v) is 32.5. The van der Waals surface area contributed by atoms with E-state index in [2.05, 4.69) is 191 Å². The molecule has 0 unspecified atom stereocenters. The highest BCUT2D eigenvalue weighted by molar-refractivity contribution is 6.16. The molecular weight excluding hydrogens is 713 g/mol. The molecule has 0 saturated heterocycles. The fourth-order valence-corrected chi connectivity index (χ4v) is 8.70. The molecule has 0 fully saturated rings. The first-order valence-corrected chi connectivity index (χ1v) is 19.8. The van der Waals surface area contributed by atoms with Gasteiger partial charge in [-0.3, -0.25) is 4.57 Å². The third kappa shape index (κ3) is 5.42. The SMILES string of the molecule is CC(C)(C)c1ccnc(-n2c3ccccc3c3ccc(Oc4cccc(N5CN(c6cccc7c6c6ccccc6n7-c6ccccc6)c6ncccc65)c4)cc32)c1. The van der Waals surface area contributed by atoms with Gasteiger partial charge in [0, 0.05) is 57.4 Å². The van der Waals surface area contributed by atoms with Crippen LogP contribution in [0.1, 0.15) is 26.3 Å². The van der Waals surface area contributed by atoms with Crippen LogP contribution < -0.4 is 14.5 Å². The second-order valence-corrected chi connectivity index (χ2v) is 16.0. The minimum Gasteiger partial charge on any atom is -0.457 e. The average Bonchev–Trinajstić information content (AvgIpc) is 3.92.